The zero-order chi connectivity index (χ0) is 21.0. The number of carbonyl (C=O) groups is 2. The molecule has 2 aromatic carbocycles. The molecule has 29 heavy (non-hydrogen) atoms. The number of benzene rings is 2. The Morgan fingerprint density at radius 3 is 2.45 bits per heavy atom. The fourth-order valence-corrected chi connectivity index (χ4v) is 3.69. The van der Waals surface area contributed by atoms with Gasteiger partial charge in [-0.2, -0.15) is 0 Å². The van der Waals surface area contributed by atoms with E-state index in [1.165, 1.54) is 0 Å². The predicted octanol–water partition coefficient (Wildman–Crippen LogP) is 3.64. The van der Waals surface area contributed by atoms with Gasteiger partial charge in [-0.25, -0.2) is 0 Å². The third kappa shape index (κ3) is 5.01. The van der Waals surface area contributed by atoms with Crippen molar-refractivity contribution in [2.24, 2.45) is 0 Å². The van der Waals surface area contributed by atoms with Gasteiger partial charge in [0.1, 0.15) is 5.75 Å². The molecule has 6 nitrogen and oxygen atoms in total. The summed E-state index contributed by atoms with van der Waals surface area (Å²) in [4.78, 5) is 28.0. The maximum Gasteiger partial charge on any atom is 0.262 e. The highest BCUT2D eigenvalue weighted by Crippen LogP contribution is 2.34. The zero-order valence-electron chi connectivity index (χ0n) is 17.0. The number of para-hydroxylation sites is 1. The van der Waals surface area contributed by atoms with E-state index in [1.807, 2.05) is 43.0 Å². The quantitative estimate of drug-likeness (QED) is 0.809. The van der Waals surface area contributed by atoms with Crippen molar-refractivity contribution >= 4 is 34.8 Å². The number of carbonyl (C=O) groups excluding carboxylic acids is 2. The van der Waals surface area contributed by atoms with Gasteiger partial charge in [0.05, 0.1) is 16.4 Å². The van der Waals surface area contributed by atoms with E-state index in [1.54, 1.807) is 19.1 Å². The number of nitrogens with one attached hydrogen (secondary N) is 1. The molecule has 0 atom stereocenters. The number of amides is 2. The Morgan fingerprint density at radius 2 is 1.76 bits per heavy atom. The van der Waals surface area contributed by atoms with Gasteiger partial charge in [0, 0.05) is 33.1 Å². The van der Waals surface area contributed by atoms with E-state index in [2.05, 4.69) is 10.2 Å². The Labute approximate surface area is 176 Å². The van der Waals surface area contributed by atoms with E-state index >= 15 is 0 Å². The summed E-state index contributed by atoms with van der Waals surface area (Å²) in [7, 11) is 0. The minimum Gasteiger partial charge on any atom is -0.483 e. The Morgan fingerprint density at radius 1 is 1.07 bits per heavy atom. The van der Waals surface area contributed by atoms with Gasteiger partial charge in [0.2, 0.25) is 5.91 Å². The first-order valence-corrected chi connectivity index (χ1v) is 10.0. The molecule has 1 aliphatic rings. The molecule has 2 amide bonds. The van der Waals surface area contributed by atoms with Gasteiger partial charge in [-0.1, -0.05) is 29.8 Å². The van der Waals surface area contributed by atoms with Crippen molar-refractivity contribution in [1.29, 1.82) is 0 Å². The molecule has 1 heterocycles. The summed E-state index contributed by atoms with van der Waals surface area (Å²) in [5, 5.41) is 3.48. The van der Waals surface area contributed by atoms with Crippen LogP contribution in [-0.4, -0.2) is 49.5 Å². The normalized spacial score (nSPS) is 13.9. The van der Waals surface area contributed by atoms with Gasteiger partial charge < -0.3 is 19.9 Å². The summed E-state index contributed by atoms with van der Waals surface area (Å²) >= 11 is 6.45. The smallest absolute Gasteiger partial charge is 0.262 e. The van der Waals surface area contributed by atoms with Crippen molar-refractivity contribution in [3.05, 3.63) is 52.5 Å². The third-order valence-electron chi connectivity index (χ3n) is 5.22. The molecule has 3 rings (SSSR count). The van der Waals surface area contributed by atoms with E-state index in [9.17, 15) is 9.59 Å². The predicted molar refractivity (Wildman–Crippen MR) is 116 cm³/mol. The van der Waals surface area contributed by atoms with Crippen LogP contribution in [-0.2, 0) is 9.59 Å². The summed E-state index contributed by atoms with van der Waals surface area (Å²) < 4.78 is 5.70. The number of nitrogens with zero attached hydrogens (tertiary/aromatic N) is 2. The molecular weight excluding hydrogens is 390 g/mol. The van der Waals surface area contributed by atoms with Crippen molar-refractivity contribution in [3.8, 4) is 5.75 Å². The SMILES string of the molecule is CC(=O)N1CCN(c2c(Cl)cccc2NC(=O)COc2cccc(C)c2C)CC1. The van der Waals surface area contributed by atoms with Crippen molar-refractivity contribution in [2.45, 2.75) is 20.8 Å². The average molecular weight is 416 g/mol. The minimum atomic E-state index is -0.253. The molecule has 1 N–H and O–H groups in total. The monoisotopic (exact) mass is 415 g/mol. The van der Waals surface area contributed by atoms with Crippen LogP contribution in [0.25, 0.3) is 0 Å². The Kier molecular flexibility index (Phi) is 6.64. The van der Waals surface area contributed by atoms with Gasteiger partial charge in [0.15, 0.2) is 6.61 Å². The van der Waals surface area contributed by atoms with Crippen LogP contribution in [0.1, 0.15) is 18.1 Å². The highest BCUT2D eigenvalue weighted by Gasteiger charge is 2.23. The molecule has 2 aromatic rings. The van der Waals surface area contributed by atoms with Crippen LogP contribution >= 0.6 is 11.6 Å². The second-order valence-electron chi connectivity index (χ2n) is 7.16. The summed E-state index contributed by atoms with van der Waals surface area (Å²) in [5.74, 6) is 0.518. The molecule has 1 fully saturated rings. The first-order valence-electron chi connectivity index (χ1n) is 9.64. The van der Waals surface area contributed by atoms with Crippen LogP contribution < -0.4 is 15.0 Å². The van der Waals surface area contributed by atoms with E-state index < -0.39 is 0 Å². The Balaban J connectivity index is 1.68. The van der Waals surface area contributed by atoms with E-state index in [-0.39, 0.29) is 18.4 Å². The number of hydrogen-bond donors (Lipinski definition) is 1. The first kappa shape index (κ1) is 21.0. The maximum atomic E-state index is 12.5. The standard InChI is InChI=1S/C22H26ClN3O3/c1-15-6-4-9-20(16(15)2)29-14-21(28)24-19-8-5-7-18(23)22(19)26-12-10-25(11-13-26)17(3)27/h4-9H,10-14H2,1-3H3,(H,24,28). The van der Waals surface area contributed by atoms with Crippen molar-refractivity contribution in [3.63, 3.8) is 0 Å². The molecular formula is C22H26ClN3O3. The van der Waals surface area contributed by atoms with Crippen molar-refractivity contribution in [2.75, 3.05) is 43.0 Å². The molecule has 0 radical (unpaired) electrons. The van der Waals surface area contributed by atoms with Crippen LogP contribution in [0.4, 0.5) is 11.4 Å². The summed E-state index contributed by atoms with van der Waals surface area (Å²) in [6.07, 6.45) is 0. The molecule has 0 aliphatic carbocycles. The number of anilines is 2. The number of hydrogen-bond acceptors (Lipinski definition) is 4. The lowest BCUT2D eigenvalue weighted by atomic mass is 10.1. The average Bonchev–Trinajstić information content (AvgIpc) is 2.69. The molecule has 1 aliphatic heterocycles. The summed E-state index contributed by atoms with van der Waals surface area (Å²) in [5.41, 5.74) is 3.55. The fourth-order valence-electron chi connectivity index (χ4n) is 3.39. The lowest BCUT2D eigenvalue weighted by Crippen LogP contribution is -2.48. The summed E-state index contributed by atoms with van der Waals surface area (Å²) in [6.45, 7) is 8.04. The first-order chi connectivity index (χ1) is 13.9. The van der Waals surface area contributed by atoms with Gasteiger partial charge in [-0.05, 0) is 43.2 Å². The van der Waals surface area contributed by atoms with E-state index in [0.717, 1.165) is 16.8 Å². The van der Waals surface area contributed by atoms with Gasteiger partial charge >= 0.3 is 0 Å². The van der Waals surface area contributed by atoms with Crippen LogP contribution in [0.3, 0.4) is 0 Å². The molecule has 154 valence electrons. The highest BCUT2D eigenvalue weighted by atomic mass is 35.5. The van der Waals surface area contributed by atoms with Crippen LogP contribution in [0.15, 0.2) is 36.4 Å². The largest absolute Gasteiger partial charge is 0.483 e. The maximum absolute atomic E-state index is 12.5. The molecule has 0 spiro atoms. The van der Waals surface area contributed by atoms with Crippen molar-refractivity contribution < 1.29 is 14.3 Å². The zero-order valence-corrected chi connectivity index (χ0v) is 17.8. The van der Waals surface area contributed by atoms with E-state index in [4.69, 9.17) is 16.3 Å². The highest BCUT2D eigenvalue weighted by molar-refractivity contribution is 6.34. The van der Waals surface area contributed by atoms with Crippen LogP contribution in [0, 0.1) is 13.8 Å². The third-order valence-corrected chi connectivity index (χ3v) is 5.52. The molecule has 1 saturated heterocycles. The lowest BCUT2D eigenvalue weighted by molar-refractivity contribution is -0.129. The van der Waals surface area contributed by atoms with Gasteiger partial charge in [-0.3, -0.25) is 9.59 Å². The molecule has 0 aromatic heterocycles. The van der Waals surface area contributed by atoms with Gasteiger partial charge in [-0.15, -0.1) is 0 Å². The van der Waals surface area contributed by atoms with Crippen molar-refractivity contribution in [1.82, 2.24) is 4.90 Å². The Bertz CT molecular complexity index is 908. The second-order valence-corrected chi connectivity index (χ2v) is 7.57. The summed E-state index contributed by atoms with van der Waals surface area (Å²) in [6, 6.07) is 11.2. The molecule has 7 heteroatoms. The van der Waals surface area contributed by atoms with Crippen LogP contribution in [0.2, 0.25) is 5.02 Å². The minimum absolute atomic E-state index is 0.0703. The van der Waals surface area contributed by atoms with Crippen LogP contribution in [0.5, 0.6) is 5.75 Å². The lowest BCUT2D eigenvalue weighted by Gasteiger charge is -2.36. The number of ether oxygens (including phenoxy) is 1. The molecule has 0 bridgehead atoms. The molecule has 0 saturated carbocycles. The van der Waals surface area contributed by atoms with Gasteiger partial charge in [0.25, 0.3) is 5.91 Å². The topological polar surface area (TPSA) is 61.9 Å². The second kappa shape index (κ2) is 9.18. The van der Waals surface area contributed by atoms with E-state index in [0.29, 0.717) is 42.6 Å². The number of aryl methyl sites for hydroxylation is 1. The molecule has 0 unspecified atom stereocenters. The Hall–Kier alpha value is -2.73. The number of piperazine rings is 1. The number of halogens is 1. The fraction of sp³-hybridized carbons (Fsp3) is 0.364. The number of rotatable bonds is 5.